The first-order valence-electron chi connectivity index (χ1n) is 7.98. The van der Waals surface area contributed by atoms with Gasteiger partial charge in [0.25, 0.3) is 5.91 Å². The predicted octanol–water partition coefficient (Wildman–Crippen LogP) is 3.21. The van der Waals surface area contributed by atoms with Crippen LogP contribution in [-0.2, 0) is 14.3 Å². The molecule has 0 atom stereocenters. The summed E-state index contributed by atoms with van der Waals surface area (Å²) >= 11 is 0. The fraction of sp³-hybridized carbons (Fsp3) is 0.200. The molecule has 0 radical (unpaired) electrons. The number of carbonyl (C=O) groups is 2. The average Bonchev–Trinajstić information content (AvgIpc) is 2.62. The maximum absolute atomic E-state index is 12.0. The van der Waals surface area contributed by atoms with E-state index in [1.165, 1.54) is 25.3 Å². The highest BCUT2D eigenvalue weighted by molar-refractivity contribution is 5.95. The topological polar surface area (TPSA) is 84.9 Å². The molecular formula is C20H21NO5. The first-order valence-corrected chi connectivity index (χ1v) is 7.98. The van der Waals surface area contributed by atoms with Crippen molar-refractivity contribution < 1.29 is 24.2 Å². The van der Waals surface area contributed by atoms with Crippen molar-refractivity contribution in [2.75, 3.05) is 19.0 Å². The molecule has 0 saturated carbocycles. The molecule has 0 fully saturated rings. The van der Waals surface area contributed by atoms with Crippen molar-refractivity contribution in [3.63, 3.8) is 0 Å². The molecule has 6 heteroatoms. The number of rotatable bonds is 6. The lowest BCUT2D eigenvalue weighted by Crippen LogP contribution is -2.21. The van der Waals surface area contributed by atoms with E-state index in [4.69, 9.17) is 9.47 Å². The molecule has 136 valence electrons. The Morgan fingerprint density at radius 1 is 1.15 bits per heavy atom. The number of amides is 1. The minimum Gasteiger partial charge on any atom is -0.504 e. The standard InChI is InChI=1S/C20H21NO5/c1-13-5-4-6-14(2)20(13)21-18(23)12-26-19(24)10-8-15-7-9-16(22)17(11-15)25-3/h4-11,22H,12H2,1-3H3,(H,21,23)/b10-8+. The molecule has 0 bridgehead atoms. The smallest absolute Gasteiger partial charge is 0.331 e. The van der Waals surface area contributed by atoms with Crippen LogP contribution < -0.4 is 10.1 Å². The van der Waals surface area contributed by atoms with Crippen molar-refractivity contribution in [3.05, 3.63) is 59.2 Å². The summed E-state index contributed by atoms with van der Waals surface area (Å²) in [6.07, 6.45) is 2.71. The third kappa shape index (κ3) is 5.11. The Morgan fingerprint density at radius 2 is 1.85 bits per heavy atom. The number of para-hydroxylation sites is 1. The van der Waals surface area contributed by atoms with E-state index in [9.17, 15) is 14.7 Å². The number of hydrogen-bond donors (Lipinski definition) is 2. The molecule has 0 unspecified atom stereocenters. The van der Waals surface area contributed by atoms with Crippen LogP contribution in [-0.4, -0.2) is 30.7 Å². The van der Waals surface area contributed by atoms with Gasteiger partial charge in [-0.3, -0.25) is 4.79 Å². The summed E-state index contributed by atoms with van der Waals surface area (Å²) in [7, 11) is 1.44. The Morgan fingerprint density at radius 3 is 2.50 bits per heavy atom. The molecule has 0 saturated heterocycles. The number of phenols is 1. The zero-order valence-electron chi connectivity index (χ0n) is 14.9. The summed E-state index contributed by atoms with van der Waals surface area (Å²) in [6, 6.07) is 10.3. The van der Waals surface area contributed by atoms with E-state index < -0.39 is 11.9 Å². The fourth-order valence-corrected chi connectivity index (χ4v) is 2.33. The Balaban J connectivity index is 1.89. The molecule has 1 amide bonds. The van der Waals surface area contributed by atoms with E-state index in [1.807, 2.05) is 32.0 Å². The molecule has 2 aromatic carbocycles. The van der Waals surface area contributed by atoms with Gasteiger partial charge in [-0.05, 0) is 48.7 Å². The van der Waals surface area contributed by atoms with Crippen LogP contribution in [0.1, 0.15) is 16.7 Å². The molecular weight excluding hydrogens is 334 g/mol. The third-order valence-corrected chi connectivity index (χ3v) is 3.71. The maximum atomic E-state index is 12.0. The number of aryl methyl sites for hydroxylation is 2. The van der Waals surface area contributed by atoms with E-state index in [0.717, 1.165) is 16.8 Å². The van der Waals surface area contributed by atoms with Gasteiger partial charge in [-0.2, -0.15) is 0 Å². The van der Waals surface area contributed by atoms with Gasteiger partial charge in [0.15, 0.2) is 18.1 Å². The van der Waals surface area contributed by atoms with Crippen LogP contribution in [0.2, 0.25) is 0 Å². The Hall–Kier alpha value is -3.28. The zero-order chi connectivity index (χ0) is 19.1. The van der Waals surface area contributed by atoms with Crippen LogP contribution in [0.4, 0.5) is 5.69 Å². The van der Waals surface area contributed by atoms with Crippen LogP contribution >= 0.6 is 0 Å². The van der Waals surface area contributed by atoms with Crippen LogP contribution in [0.5, 0.6) is 11.5 Å². The van der Waals surface area contributed by atoms with Crippen molar-refractivity contribution in [2.24, 2.45) is 0 Å². The van der Waals surface area contributed by atoms with Crippen molar-refractivity contribution in [2.45, 2.75) is 13.8 Å². The lowest BCUT2D eigenvalue weighted by Gasteiger charge is -2.11. The molecule has 0 aliphatic rings. The van der Waals surface area contributed by atoms with Gasteiger partial charge in [-0.15, -0.1) is 0 Å². The van der Waals surface area contributed by atoms with Gasteiger partial charge in [0.2, 0.25) is 0 Å². The summed E-state index contributed by atoms with van der Waals surface area (Å²) in [5.41, 5.74) is 3.24. The number of hydrogen-bond acceptors (Lipinski definition) is 5. The molecule has 0 heterocycles. The van der Waals surface area contributed by atoms with Crippen LogP contribution in [0.25, 0.3) is 6.08 Å². The van der Waals surface area contributed by atoms with Crippen molar-refractivity contribution in [1.82, 2.24) is 0 Å². The quantitative estimate of drug-likeness (QED) is 0.614. The van der Waals surface area contributed by atoms with Gasteiger partial charge in [0.05, 0.1) is 7.11 Å². The average molecular weight is 355 g/mol. The molecule has 26 heavy (non-hydrogen) atoms. The molecule has 0 aromatic heterocycles. The first-order chi connectivity index (χ1) is 12.4. The summed E-state index contributed by atoms with van der Waals surface area (Å²) in [5, 5.41) is 12.3. The lowest BCUT2D eigenvalue weighted by molar-refractivity contribution is -0.142. The van der Waals surface area contributed by atoms with Gasteiger partial charge in [-0.25, -0.2) is 4.79 Å². The molecule has 0 spiro atoms. The highest BCUT2D eigenvalue weighted by Gasteiger charge is 2.09. The Kier molecular flexibility index (Phi) is 6.38. The van der Waals surface area contributed by atoms with Gasteiger partial charge < -0.3 is 19.9 Å². The molecule has 2 aromatic rings. The SMILES string of the molecule is COc1cc(/C=C/C(=O)OCC(=O)Nc2c(C)cccc2C)ccc1O. The van der Waals surface area contributed by atoms with Gasteiger partial charge in [-0.1, -0.05) is 24.3 Å². The van der Waals surface area contributed by atoms with Gasteiger partial charge >= 0.3 is 5.97 Å². The van der Waals surface area contributed by atoms with Crippen molar-refractivity contribution >= 4 is 23.6 Å². The summed E-state index contributed by atoms with van der Waals surface area (Å²) in [4.78, 5) is 23.7. The molecule has 2 N–H and O–H groups in total. The third-order valence-electron chi connectivity index (χ3n) is 3.71. The Labute approximate surface area is 152 Å². The molecule has 2 rings (SSSR count). The Bertz CT molecular complexity index is 822. The van der Waals surface area contributed by atoms with E-state index in [1.54, 1.807) is 12.1 Å². The minimum absolute atomic E-state index is 0.00963. The molecule has 6 nitrogen and oxygen atoms in total. The zero-order valence-corrected chi connectivity index (χ0v) is 14.9. The predicted molar refractivity (Wildman–Crippen MR) is 99.2 cm³/mol. The second kappa shape index (κ2) is 8.71. The van der Waals surface area contributed by atoms with E-state index in [2.05, 4.69) is 5.32 Å². The molecule has 0 aliphatic heterocycles. The summed E-state index contributed by atoms with van der Waals surface area (Å²) < 4.78 is 9.93. The van der Waals surface area contributed by atoms with E-state index in [-0.39, 0.29) is 12.4 Å². The number of esters is 1. The number of methoxy groups -OCH3 is 1. The molecule has 0 aliphatic carbocycles. The monoisotopic (exact) mass is 355 g/mol. The highest BCUT2D eigenvalue weighted by atomic mass is 16.5. The number of carbonyl (C=O) groups excluding carboxylic acids is 2. The van der Waals surface area contributed by atoms with Crippen LogP contribution in [0, 0.1) is 13.8 Å². The normalized spacial score (nSPS) is 10.6. The van der Waals surface area contributed by atoms with Crippen LogP contribution in [0.15, 0.2) is 42.5 Å². The van der Waals surface area contributed by atoms with Crippen LogP contribution in [0.3, 0.4) is 0 Å². The van der Waals surface area contributed by atoms with E-state index >= 15 is 0 Å². The van der Waals surface area contributed by atoms with Gasteiger partial charge in [0, 0.05) is 11.8 Å². The lowest BCUT2D eigenvalue weighted by atomic mass is 10.1. The first kappa shape index (κ1) is 19.1. The fourth-order valence-electron chi connectivity index (χ4n) is 2.33. The number of nitrogens with one attached hydrogen (secondary N) is 1. The van der Waals surface area contributed by atoms with E-state index in [0.29, 0.717) is 11.3 Å². The number of phenolic OH excluding ortho intramolecular Hbond substituents is 1. The summed E-state index contributed by atoms with van der Waals surface area (Å²) in [5.74, 6) is -0.743. The second-order valence-corrected chi connectivity index (χ2v) is 5.69. The largest absolute Gasteiger partial charge is 0.504 e. The highest BCUT2D eigenvalue weighted by Crippen LogP contribution is 2.26. The number of anilines is 1. The number of ether oxygens (including phenoxy) is 2. The van der Waals surface area contributed by atoms with Gasteiger partial charge in [0.1, 0.15) is 0 Å². The summed E-state index contributed by atoms with van der Waals surface area (Å²) in [6.45, 7) is 3.41. The van der Waals surface area contributed by atoms with Crippen molar-refractivity contribution in [3.8, 4) is 11.5 Å². The second-order valence-electron chi connectivity index (χ2n) is 5.69. The van der Waals surface area contributed by atoms with Crippen molar-refractivity contribution in [1.29, 1.82) is 0 Å². The number of benzene rings is 2. The minimum atomic E-state index is -0.645. The maximum Gasteiger partial charge on any atom is 0.331 e. The number of aromatic hydroxyl groups is 1.